The molecule has 106 valence electrons. The molecule has 0 aliphatic rings. The first kappa shape index (κ1) is 14.3. The lowest BCUT2D eigenvalue weighted by Crippen LogP contribution is -2.18. The molecule has 0 fully saturated rings. The first-order valence-corrected chi connectivity index (χ1v) is 6.73. The Labute approximate surface area is 119 Å². The molecule has 2 rings (SSSR count). The summed E-state index contributed by atoms with van der Waals surface area (Å²) >= 11 is 0. The van der Waals surface area contributed by atoms with E-state index in [1.165, 1.54) is 6.39 Å². The average molecular weight is 272 g/mol. The number of benzene rings is 1. The summed E-state index contributed by atoms with van der Waals surface area (Å²) in [5, 5.41) is 2.98. The second kappa shape index (κ2) is 5.90. The highest BCUT2D eigenvalue weighted by Crippen LogP contribution is 2.29. The van der Waals surface area contributed by atoms with Gasteiger partial charge in [-0.3, -0.25) is 4.79 Å². The van der Waals surface area contributed by atoms with E-state index in [9.17, 15) is 4.79 Å². The monoisotopic (exact) mass is 272 g/mol. The Morgan fingerprint density at radius 3 is 2.70 bits per heavy atom. The van der Waals surface area contributed by atoms with Crippen LogP contribution in [0.15, 0.2) is 41.3 Å². The van der Waals surface area contributed by atoms with Gasteiger partial charge >= 0.3 is 0 Å². The quantitative estimate of drug-likeness (QED) is 0.926. The standard InChI is InChI=1S/C16H20N2O2/c1-16(2,3)13-6-4-5-7-14(13)18-15(19)9-8-12-10-20-11-17-12/h4-7,10-11H,8-9H2,1-3H3,(H,18,19). The van der Waals surface area contributed by atoms with Crippen molar-refractivity contribution in [3.63, 3.8) is 0 Å². The molecule has 0 spiro atoms. The maximum absolute atomic E-state index is 12.0. The lowest BCUT2D eigenvalue weighted by atomic mass is 9.86. The third-order valence-corrected chi connectivity index (χ3v) is 3.10. The van der Waals surface area contributed by atoms with Crippen LogP contribution in [0, 0.1) is 0 Å². The fourth-order valence-electron chi connectivity index (χ4n) is 2.06. The van der Waals surface area contributed by atoms with Gasteiger partial charge in [-0.2, -0.15) is 0 Å². The molecule has 1 heterocycles. The minimum absolute atomic E-state index is 0.00398. The number of aromatic nitrogens is 1. The Morgan fingerprint density at radius 1 is 1.30 bits per heavy atom. The molecule has 1 aromatic carbocycles. The van der Waals surface area contributed by atoms with Crippen LogP contribution in [0.1, 0.15) is 38.4 Å². The molecular weight excluding hydrogens is 252 g/mol. The highest BCUT2D eigenvalue weighted by Gasteiger charge is 2.18. The Hall–Kier alpha value is -2.10. The maximum Gasteiger partial charge on any atom is 0.224 e. The van der Waals surface area contributed by atoms with E-state index in [1.54, 1.807) is 6.26 Å². The molecule has 0 atom stereocenters. The van der Waals surface area contributed by atoms with Crippen molar-refractivity contribution in [3.05, 3.63) is 48.2 Å². The molecule has 1 amide bonds. The smallest absolute Gasteiger partial charge is 0.224 e. The van der Waals surface area contributed by atoms with E-state index < -0.39 is 0 Å². The molecule has 0 radical (unpaired) electrons. The van der Waals surface area contributed by atoms with E-state index in [-0.39, 0.29) is 11.3 Å². The van der Waals surface area contributed by atoms with Crippen molar-refractivity contribution < 1.29 is 9.21 Å². The summed E-state index contributed by atoms with van der Waals surface area (Å²) < 4.78 is 4.89. The minimum Gasteiger partial charge on any atom is -0.451 e. The molecule has 0 aliphatic carbocycles. The summed E-state index contributed by atoms with van der Waals surface area (Å²) in [6, 6.07) is 7.91. The van der Waals surface area contributed by atoms with E-state index in [0.717, 1.165) is 16.9 Å². The zero-order valence-electron chi connectivity index (χ0n) is 12.1. The predicted octanol–water partition coefficient (Wildman–Crippen LogP) is 3.54. The number of oxazole rings is 1. The Balaban J connectivity index is 2.01. The first-order chi connectivity index (χ1) is 9.47. The number of rotatable bonds is 4. The number of para-hydroxylation sites is 1. The van der Waals surface area contributed by atoms with Gasteiger partial charge in [-0.1, -0.05) is 39.0 Å². The maximum atomic E-state index is 12.0. The number of hydrogen-bond donors (Lipinski definition) is 1. The Kier molecular flexibility index (Phi) is 4.23. The molecule has 1 N–H and O–H groups in total. The fraction of sp³-hybridized carbons (Fsp3) is 0.375. The van der Waals surface area contributed by atoms with Crippen molar-refractivity contribution in [2.24, 2.45) is 0 Å². The van der Waals surface area contributed by atoms with Gasteiger partial charge in [0.2, 0.25) is 5.91 Å². The van der Waals surface area contributed by atoms with Crippen LogP contribution >= 0.6 is 0 Å². The number of hydrogen-bond acceptors (Lipinski definition) is 3. The van der Waals surface area contributed by atoms with Gasteiger partial charge in [0.1, 0.15) is 6.26 Å². The molecule has 0 bridgehead atoms. The number of carbonyl (C=O) groups is 1. The third-order valence-electron chi connectivity index (χ3n) is 3.10. The molecule has 1 aromatic heterocycles. The second-order valence-electron chi connectivity index (χ2n) is 5.82. The van der Waals surface area contributed by atoms with Gasteiger partial charge in [0.05, 0.1) is 5.69 Å². The number of aryl methyl sites for hydroxylation is 1. The number of nitrogens with one attached hydrogen (secondary N) is 1. The van der Waals surface area contributed by atoms with Gasteiger partial charge in [-0.25, -0.2) is 4.98 Å². The topological polar surface area (TPSA) is 55.1 Å². The SMILES string of the molecule is CC(C)(C)c1ccccc1NC(=O)CCc1cocn1. The van der Waals surface area contributed by atoms with Gasteiger partial charge in [0.25, 0.3) is 0 Å². The van der Waals surface area contributed by atoms with Gasteiger partial charge in [-0.15, -0.1) is 0 Å². The van der Waals surface area contributed by atoms with Crippen LogP contribution in [0.5, 0.6) is 0 Å². The molecule has 0 saturated heterocycles. The largest absolute Gasteiger partial charge is 0.451 e. The normalized spacial score (nSPS) is 11.3. The highest BCUT2D eigenvalue weighted by molar-refractivity contribution is 5.91. The summed E-state index contributed by atoms with van der Waals surface area (Å²) in [6.45, 7) is 6.40. The van der Waals surface area contributed by atoms with E-state index >= 15 is 0 Å². The average Bonchev–Trinajstić information content (AvgIpc) is 2.89. The fourth-order valence-corrected chi connectivity index (χ4v) is 2.06. The molecule has 0 unspecified atom stereocenters. The van der Waals surface area contributed by atoms with Crippen LogP contribution in [0.3, 0.4) is 0 Å². The number of amides is 1. The van der Waals surface area contributed by atoms with Crippen LogP contribution < -0.4 is 5.32 Å². The predicted molar refractivity (Wildman–Crippen MR) is 78.6 cm³/mol. The van der Waals surface area contributed by atoms with Crippen molar-refractivity contribution in [3.8, 4) is 0 Å². The number of anilines is 1. The lowest BCUT2D eigenvalue weighted by molar-refractivity contribution is -0.116. The lowest BCUT2D eigenvalue weighted by Gasteiger charge is -2.23. The van der Waals surface area contributed by atoms with Crippen LogP contribution in [0.4, 0.5) is 5.69 Å². The number of carbonyl (C=O) groups excluding carboxylic acids is 1. The molecule has 20 heavy (non-hydrogen) atoms. The summed E-state index contributed by atoms with van der Waals surface area (Å²) in [4.78, 5) is 16.0. The molecule has 0 aliphatic heterocycles. The summed E-state index contributed by atoms with van der Waals surface area (Å²) in [5.41, 5.74) is 2.81. The van der Waals surface area contributed by atoms with Crippen LogP contribution in [0.2, 0.25) is 0 Å². The zero-order chi connectivity index (χ0) is 14.6. The minimum atomic E-state index is -0.00954. The molecule has 0 saturated carbocycles. The van der Waals surface area contributed by atoms with Crippen molar-refractivity contribution in [2.75, 3.05) is 5.32 Å². The summed E-state index contributed by atoms with van der Waals surface area (Å²) in [6.07, 6.45) is 3.92. The van der Waals surface area contributed by atoms with E-state index in [1.807, 2.05) is 24.3 Å². The van der Waals surface area contributed by atoms with Crippen molar-refractivity contribution in [2.45, 2.75) is 39.0 Å². The number of nitrogens with zero attached hydrogens (tertiary/aromatic N) is 1. The van der Waals surface area contributed by atoms with Gasteiger partial charge in [0.15, 0.2) is 6.39 Å². The van der Waals surface area contributed by atoms with Gasteiger partial charge in [-0.05, 0) is 17.0 Å². The molecule has 4 nitrogen and oxygen atoms in total. The van der Waals surface area contributed by atoms with Crippen molar-refractivity contribution in [1.29, 1.82) is 0 Å². The third kappa shape index (κ3) is 3.70. The van der Waals surface area contributed by atoms with E-state index in [2.05, 4.69) is 31.1 Å². The van der Waals surface area contributed by atoms with Crippen LogP contribution in [-0.2, 0) is 16.6 Å². The Morgan fingerprint density at radius 2 is 2.05 bits per heavy atom. The highest BCUT2D eigenvalue weighted by atomic mass is 16.3. The second-order valence-corrected chi connectivity index (χ2v) is 5.82. The molecule has 4 heteroatoms. The van der Waals surface area contributed by atoms with E-state index in [0.29, 0.717) is 12.8 Å². The molecular formula is C16H20N2O2. The van der Waals surface area contributed by atoms with Crippen LogP contribution in [-0.4, -0.2) is 10.9 Å². The summed E-state index contributed by atoms with van der Waals surface area (Å²) in [7, 11) is 0. The zero-order valence-corrected chi connectivity index (χ0v) is 12.1. The Bertz CT molecular complexity index is 568. The van der Waals surface area contributed by atoms with Gasteiger partial charge < -0.3 is 9.73 Å². The van der Waals surface area contributed by atoms with Crippen molar-refractivity contribution >= 4 is 11.6 Å². The molecule has 2 aromatic rings. The van der Waals surface area contributed by atoms with Gasteiger partial charge in [0, 0.05) is 18.5 Å². The van der Waals surface area contributed by atoms with Crippen molar-refractivity contribution in [1.82, 2.24) is 4.98 Å². The summed E-state index contributed by atoms with van der Waals surface area (Å²) in [5.74, 6) is -0.00954. The van der Waals surface area contributed by atoms with E-state index in [4.69, 9.17) is 4.42 Å². The van der Waals surface area contributed by atoms with Crippen LogP contribution in [0.25, 0.3) is 0 Å². The first-order valence-electron chi connectivity index (χ1n) is 6.73.